The molecule has 118 valence electrons. The molecule has 1 heterocycles. The average molecular weight is 293 g/mol. The molecule has 0 radical (unpaired) electrons. The van der Waals surface area contributed by atoms with Crippen molar-refractivity contribution in [2.75, 3.05) is 30.4 Å². The molecule has 1 aliphatic rings. The van der Waals surface area contributed by atoms with Gasteiger partial charge in [-0.15, -0.1) is 0 Å². The molecule has 0 aromatic carbocycles. The largest absolute Gasteiger partial charge is 0.460 e. The highest BCUT2D eigenvalue weighted by molar-refractivity contribution is 5.37. The lowest BCUT2D eigenvalue weighted by Gasteiger charge is -2.28. The molecule has 1 N–H and O–H groups in total. The van der Waals surface area contributed by atoms with Crippen molar-refractivity contribution in [3.8, 4) is 6.01 Å². The number of nitrogens with zero attached hydrogens (tertiary/aromatic N) is 4. The molecule has 6 nitrogen and oxygen atoms in total. The monoisotopic (exact) mass is 293 g/mol. The molecule has 1 fully saturated rings. The van der Waals surface area contributed by atoms with Crippen molar-refractivity contribution >= 4 is 11.9 Å². The van der Waals surface area contributed by atoms with Gasteiger partial charge in [-0.25, -0.2) is 0 Å². The van der Waals surface area contributed by atoms with Crippen molar-refractivity contribution in [3.05, 3.63) is 0 Å². The smallest absolute Gasteiger partial charge is 0.323 e. The van der Waals surface area contributed by atoms with Gasteiger partial charge in [0, 0.05) is 20.1 Å². The minimum Gasteiger partial charge on any atom is -0.460 e. The molecule has 2 unspecified atom stereocenters. The molecule has 1 aliphatic carbocycles. The zero-order valence-electron chi connectivity index (χ0n) is 13.6. The minimum absolute atomic E-state index is 0.218. The van der Waals surface area contributed by atoms with Gasteiger partial charge in [-0.3, -0.25) is 0 Å². The van der Waals surface area contributed by atoms with Crippen LogP contribution in [0.3, 0.4) is 0 Å². The van der Waals surface area contributed by atoms with E-state index in [2.05, 4.69) is 45.9 Å². The maximum absolute atomic E-state index is 6.06. The summed E-state index contributed by atoms with van der Waals surface area (Å²) in [5.41, 5.74) is 0. The predicted molar refractivity (Wildman–Crippen MR) is 85.0 cm³/mol. The quantitative estimate of drug-likeness (QED) is 0.870. The van der Waals surface area contributed by atoms with Gasteiger partial charge in [-0.1, -0.05) is 13.3 Å². The van der Waals surface area contributed by atoms with Crippen LogP contribution < -0.4 is 15.0 Å². The maximum atomic E-state index is 6.06. The van der Waals surface area contributed by atoms with Crippen LogP contribution in [0.15, 0.2) is 0 Å². The molecule has 0 bridgehead atoms. The molecule has 1 aromatic rings. The lowest BCUT2D eigenvalue weighted by molar-refractivity contribution is 0.0923. The maximum Gasteiger partial charge on any atom is 0.323 e. The third-order valence-electron chi connectivity index (χ3n) is 4.16. The van der Waals surface area contributed by atoms with Crippen LogP contribution in [-0.2, 0) is 0 Å². The van der Waals surface area contributed by atoms with E-state index in [0.717, 1.165) is 19.5 Å². The number of aromatic nitrogens is 3. The van der Waals surface area contributed by atoms with Crippen LogP contribution in [0.2, 0.25) is 0 Å². The van der Waals surface area contributed by atoms with Crippen molar-refractivity contribution in [1.29, 1.82) is 0 Å². The van der Waals surface area contributed by atoms with Gasteiger partial charge in [0.05, 0.1) is 0 Å². The van der Waals surface area contributed by atoms with E-state index < -0.39 is 0 Å². The molecular weight excluding hydrogens is 266 g/mol. The van der Waals surface area contributed by atoms with E-state index in [1.807, 2.05) is 7.05 Å². The van der Waals surface area contributed by atoms with E-state index in [0.29, 0.717) is 23.8 Å². The first-order valence-electron chi connectivity index (χ1n) is 8.03. The van der Waals surface area contributed by atoms with Crippen molar-refractivity contribution in [1.82, 2.24) is 15.0 Å². The van der Waals surface area contributed by atoms with E-state index in [9.17, 15) is 0 Å². The number of hydrogen-bond donors (Lipinski definition) is 1. The average Bonchev–Trinajstić information content (AvgIpc) is 2.50. The summed E-state index contributed by atoms with van der Waals surface area (Å²) in [6, 6.07) is 0.440. The Labute approximate surface area is 127 Å². The normalized spacial score (nSPS) is 21.9. The summed E-state index contributed by atoms with van der Waals surface area (Å²) in [4.78, 5) is 15.4. The van der Waals surface area contributed by atoms with Gasteiger partial charge in [0.2, 0.25) is 11.9 Å². The first-order chi connectivity index (χ1) is 10.2. The van der Waals surface area contributed by atoms with Gasteiger partial charge in [0.1, 0.15) is 6.10 Å². The zero-order chi connectivity index (χ0) is 15.2. The highest BCUT2D eigenvalue weighted by atomic mass is 16.5. The van der Waals surface area contributed by atoms with E-state index in [4.69, 9.17) is 4.74 Å². The highest BCUT2D eigenvalue weighted by Crippen LogP contribution is 2.27. The molecule has 2 atom stereocenters. The SMILES string of the molecule is CCN(CC)c1nc(NC)nc(OC2CCCCC2C)n1. The third-order valence-corrected chi connectivity index (χ3v) is 4.16. The van der Waals surface area contributed by atoms with Crippen LogP contribution in [0.4, 0.5) is 11.9 Å². The number of rotatable bonds is 6. The van der Waals surface area contributed by atoms with Crippen molar-refractivity contribution in [2.24, 2.45) is 5.92 Å². The van der Waals surface area contributed by atoms with E-state index in [-0.39, 0.29) is 6.10 Å². The molecule has 0 saturated heterocycles. The second-order valence-corrected chi connectivity index (χ2v) is 5.58. The van der Waals surface area contributed by atoms with Gasteiger partial charge >= 0.3 is 6.01 Å². The molecule has 0 spiro atoms. The van der Waals surface area contributed by atoms with Gasteiger partial charge in [0.25, 0.3) is 0 Å². The molecule has 1 saturated carbocycles. The summed E-state index contributed by atoms with van der Waals surface area (Å²) >= 11 is 0. The van der Waals surface area contributed by atoms with Crippen LogP contribution in [0, 0.1) is 5.92 Å². The number of anilines is 2. The first-order valence-corrected chi connectivity index (χ1v) is 8.03. The molecule has 6 heteroatoms. The summed E-state index contributed by atoms with van der Waals surface area (Å²) in [6.45, 7) is 8.16. The Morgan fingerprint density at radius 1 is 1.14 bits per heavy atom. The first kappa shape index (κ1) is 15.8. The molecule has 0 aliphatic heterocycles. The van der Waals surface area contributed by atoms with E-state index in [1.54, 1.807) is 0 Å². The minimum atomic E-state index is 0.218. The Balaban J connectivity index is 2.19. The Morgan fingerprint density at radius 2 is 1.86 bits per heavy atom. The molecule has 1 aromatic heterocycles. The van der Waals surface area contributed by atoms with Crippen molar-refractivity contribution < 1.29 is 4.74 Å². The summed E-state index contributed by atoms with van der Waals surface area (Å²) in [6.07, 6.45) is 5.04. The highest BCUT2D eigenvalue weighted by Gasteiger charge is 2.24. The third kappa shape index (κ3) is 3.95. The van der Waals surface area contributed by atoms with Gasteiger partial charge in [-0.05, 0) is 39.0 Å². The standard InChI is InChI=1S/C15H27N5O/c1-5-20(6-2)14-17-13(16-4)18-15(19-14)21-12-10-8-7-9-11(12)3/h11-12H,5-10H2,1-4H3,(H,16,17,18,19). The Kier molecular flexibility index (Phi) is 5.59. The van der Waals surface area contributed by atoms with Gasteiger partial charge < -0.3 is 15.0 Å². The Bertz CT molecular complexity index is 450. The Hall–Kier alpha value is -1.59. The second-order valence-electron chi connectivity index (χ2n) is 5.58. The fraction of sp³-hybridized carbons (Fsp3) is 0.800. The number of hydrogen-bond acceptors (Lipinski definition) is 6. The topological polar surface area (TPSA) is 63.2 Å². The molecule has 2 rings (SSSR count). The molecule has 0 amide bonds. The lowest BCUT2D eigenvalue weighted by atomic mass is 9.88. The summed E-state index contributed by atoms with van der Waals surface area (Å²) in [5.74, 6) is 1.80. The van der Waals surface area contributed by atoms with Crippen LogP contribution in [0.5, 0.6) is 6.01 Å². The summed E-state index contributed by atoms with van der Waals surface area (Å²) in [7, 11) is 1.81. The van der Waals surface area contributed by atoms with Crippen LogP contribution >= 0.6 is 0 Å². The van der Waals surface area contributed by atoms with Crippen molar-refractivity contribution in [2.45, 2.75) is 52.6 Å². The molecule has 21 heavy (non-hydrogen) atoms. The van der Waals surface area contributed by atoms with Gasteiger partial charge in [-0.2, -0.15) is 15.0 Å². The lowest BCUT2D eigenvalue weighted by Crippen LogP contribution is -2.30. The summed E-state index contributed by atoms with van der Waals surface area (Å²) in [5, 5.41) is 2.99. The fourth-order valence-corrected chi connectivity index (χ4v) is 2.75. The van der Waals surface area contributed by atoms with Crippen molar-refractivity contribution in [3.63, 3.8) is 0 Å². The Morgan fingerprint density at radius 3 is 2.48 bits per heavy atom. The van der Waals surface area contributed by atoms with E-state index >= 15 is 0 Å². The van der Waals surface area contributed by atoms with Gasteiger partial charge in [0.15, 0.2) is 0 Å². The van der Waals surface area contributed by atoms with E-state index in [1.165, 1.54) is 19.3 Å². The number of ether oxygens (including phenoxy) is 1. The van der Waals surface area contributed by atoms with Crippen LogP contribution in [-0.4, -0.2) is 41.2 Å². The number of nitrogens with one attached hydrogen (secondary N) is 1. The second kappa shape index (κ2) is 7.43. The zero-order valence-corrected chi connectivity index (χ0v) is 13.6. The summed E-state index contributed by atoms with van der Waals surface area (Å²) < 4.78 is 6.06. The van der Waals surface area contributed by atoms with Crippen LogP contribution in [0.25, 0.3) is 0 Å². The molecular formula is C15H27N5O. The predicted octanol–water partition coefficient (Wildman–Crippen LogP) is 2.72. The fourth-order valence-electron chi connectivity index (χ4n) is 2.75. The van der Waals surface area contributed by atoms with Crippen LogP contribution in [0.1, 0.15) is 46.5 Å².